The topological polar surface area (TPSA) is 70.4 Å². The Kier molecular flexibility index (Phi) is 4.83. The minimum Gasteiger partial charge on any atom is -0.490 e. The molecule has 0 fully saturated rings. The second-order valence-electron chi connectivity index (χ2n) is 6.10. The van der Waals surface area contributed by atoms with E-state index in [4.69, 9.17) is 9.47 Å². The number of carbonyl (C=O) groups excluding carboxylic acids is 1. The first kappa shape index (κ1) is 16.7. The van der Waals surface area contributed by atoms with Crippen molar-refractivity contribution in [2.45, 2.75) is 32.9 Å². The molecule has 0 aliphatic heterocycles. The maximum absolute atomic E-state index is 12.1. The van der Waals surface area contributed by atoms with Gasteiger partial charge in [0.05, 0.1) is 31.7 Å². The molecule has 0 atom stereocenters. The molecule has 1 heterocycles. The molecule has 23 heavy (non-hydrogen) atoms. The first-order chi connectivity index (χ1) is 10.8. The lowest BCUT2D eigenvalue weighted by molar-refractivity contribution is 0.00694. The Balaban J connectivity index is 2.24. The molecule has 0 N–H and O–H groups in total. The van der Waals surface area contributed by atoms with Crippen LogP contribution in [0, 0.1) is 0 Å². The van der Waals surface area contributed by atoms with Gasteiger partial charge in [-0.15, -0.1) is 0 Å². The average molecular weight is 316 g/mol. The van der Waals surface area contributed by atoms with Gasteiger partial charge in [-0.25, -0.2) is 9.78 Å². The molecule has 0 amide bonds. The summed E-state index contributed by atoms with van der Waals surface area (Å²) in [6.45, 7) is 5.74. The third kappa shape index (κ3) is 4.42. The molecule has 1 aromatic carbocycles. The summed E-state index contributed by atoms with van der Waals surface area (Å²) < 4.78 is 11.7. The fraction of sp³-hybridized carbons (Fsp3) is 0.353. The smallest absolute Gasteiger partial charge is 0.338 e. The van der Waals surface area contributed by atoms with Crippen molar-refractivity contribution >= 4 is 5.97 Å². The summed E-state index contributed by atoms with van der Waals surface area (Å²) in [7, 11) is 1.42. The Labute approximate surface area is 134 Å². The molecule has 0 aliphatic carbocycles. The van der Waals surface area contributed by atoms with E-state index in [1.807, 2.05) is 26.8 Å². The Morgan fingerprint density at radius 1 is 1.30 bits per heavy atom. The molecule has 0 bridgehead atoms. The monoisotopic (exact) mass is 316 g/mol. The SMILES string of the molecule is COc1cncn(Cc2cccc(C(=O)OC(C)(C)C)c2)c1=O. The molecule has 2 aromatic rings. The van der Waals surface area contributed by atoms with Crippen molar-refractivity contribution in [3.05, 3.63) is 58.3 Å². The predicted octanol–water partition coefficient (Wildman–Crippen LogP) is 2.26. The van der Waals surface area contributed by atoms with Crippen molar-refractivity contribution in [1.29, 1.82) is 0 Å². The Hall–Kier alpha value is -2.63. The van der Waals surface area contributed by atoms with Crippen LogP contribution in [0.5, 0.6) is 5.75 Å². The summed E-state index contributed by atoms with van der Waals surface area (Å²) in [6, 6.07) is 6.98. The minimum absolute atomic E-state index is 0.177. The zero-order valence-corrected chi connectivity index (χ0v) is 13.7. The van der Waals surface area contributed by atoms with Gasteiger partial charge in [-0.1, -0.05) is 12.1 Å². The Morgan fingerprint density at radius 2 is 2.04 bits per heavy atom. The zero-order valence-electron chi connectivity index (χ0n) is 13.7. The molecule has 0 radical (unpaired) electrons. The maximum Gasteiger partial charge on any atom is 0.338 e. The van der Waals surface area contributed by atoms with E-state index in [9.17, 15) is 9.59 Å². The van der Waals surface area contributed by atoms with Crippen LogP contribution in [0.15, 0.2) is 41.6 Å². The largest absolute Gasteiger partial charge is 0.490 e. The van der Waals surface area contributed by atoms with Crippen LogP contribution in [0.1, 0.15) is 36.7 Å². The van der Waals surface area contributed by atoms with E-state index in [-0.39, 0.29) is 11.3 Å². The first-order valence-corrected chi connectivity index (χ1v) is 7.21. The molecule has 0 aliphatic rings. The van der Waals surface area contributed by atoms with Gasteiger partial charge in [0, 0.05) is 0 Å². The lowest BCUT2D eigenvalue weighted by atomic mass is 10.1. The number of carbonyl (C=O) groups is 1. The molecular weight excluding hydrogens is 296 g/mol. The average Bonchev–Trinajstić information content (AvgIpc) is 2.48. The van der Waals surface area contributed by atoms with Crippen LogP contribution in [0.4, 0.5) is 0 Å². The Bertz CT molecular complexity index is 760. The van der Waals surface area contributed by atoms with Crippen LogP contribution in [-0.2, 0) is 11.3 Å². The van der Waals surface area contributed by atoms with Gasteiger partial charge in [0.2, 0.25) is 5.75 Å². The van der Waals surface area contributed by atoms with Gasteiger partial charge in [-0.3, -0.25) is 9.36 Å². The van der Waals surface area contributed by atoms with Crippen molar-refractivity contribution < 1.29 is 14.3 Å². The number of nitrogens with zero attached hydrogens (tertiary/aromatic N) is 2. The van der Waals surface area contributed by atoms with Gasteiger partial charge in [0.15, 0.2) is 0 Å². The third-order valence-corrected chi connectivity index (χ3v) is 3.00. The van der Waals surface area contributed by atoms with Crippen molar-refractivity contribution in [3.63, 3.8) is 0 Å². The van der Waals surface area contributed by atoms with Gasteiger partial charge < -0.3 is 9.47 Å². The van der Waals surface area contributed by atoms with E-state index < -0.39 is 11.6 Å². The van der Waals surface area contributed by atoms with Gasteiger partial charge in [-0.05, 0) is 38.5 Å². The number of aromatic nitrogens is 2. The maximum atomic E-state index is 12.1. The number of rotatable bonds is 4. The molecule has 0 spiro atoms. The summed E-state index contributed by atoms with van der Waals surface area (Å²) >= 11 is 0. The zero-order chi connectivity index (χ0) is 17.0. The predicted molar refractivity (Wildman–Crippen MR) is 85.8 cm³/mol. The van der Waals surface area contributed by atoms with Gasteiger partial charge >= 0.3 is 5.97 Å². The highest BCUT2D eigenvalue weighted by atomic mass is 16.6. The normalized spacial score (nSPS) is 11.1. The quantitative estimate of drug-likeness (QED) is 0.809. The summed E-state index contributed by atoms with van der Waals surface area (Å²) in [5, 5.41) is 0. The van der Waals surface area contributed by atoms with Crippen LogP contribution in [0.2, 0.25) is 0 Å². The van der Waals surface area contributed by atoms with Gasteiger partial charge in [0.1, 0.15) is 5.60 Å². The van der Waals surface area contributed by atoms with E-state index in [0.717, 1.165) is 5.56 Å². The summed E-state index contributed by atoms with van der Waals surface area (Å²) in [5.74, 6) is -0.216. The number of benzene rings is 1. The molecule has 1 aromatic heterocycles. The number of ether oxygens (including phenoxy) is 2. The fourth-order valence-electron chi connectivity index (χ4n) is 2.01. The lowest BCUT2D eigenvalue weighted by Crippen LogP contribution is -2.24. The van der Waals surface area contributed by atoms with Crippen LogP contribution < -0.4 is 10.3 Å². The number of esters is 1. The van der Waals surface area contributed by atoms with Crippen molar-refractivity contribution in [2.75, 3.05) is 7.11 Å². The second-order valence-corrected chi connectivity index (χ2v) is 6.10. The lowest BCUT2D eigenvalue weighted by Gasteiger charge is -2.19. The van der Waals surface area contributed by atoms with Crippen LogP contribution in [0.25, 0.3) is 0 Å². The molecule has 6 nitrogen and oxygen atoms in total. The Morgan fingerprint density at radius 3 is 2.70 bits per heavy atom. The molecule has 2 rings (SSSR count). The number of methoxy groups -OCH3 is 1. The fourth-order valence-corrected chi connectivity index (χ4v) is 2.01. The number of hydrogen-bond donors (Lipinski definition) is 0. The highest BCUT2D eigenvalue weighted by Crippen LogP contribution is 2.14. The van der Waals surface area contributed by atoms with Gasteiger partial charge in [0.25, 0.3) is 5.56 Å². The van der Waals surface area contributed by atoms with Gasteiger partial charge in [-0.2, -0.15) is 0 Å². The van der Waals surface area contributed by atoms with E-state index in [1.54, 1.807) is 18.2 Å². The highest BCUT2D eigenvalue weighted by Gasteiger charge is 2.18. The molecular formula is C17H20N2O4. The van der Waals surface area contributed by atoms with Crippen molar-refractivity contribution in [2.24, 2.45) is 0 Å². The molecule has 122 valence electrons. The highest BCUT2D eigenvalue weighted by molar-refractivity contribution is 5.89. The van der Waals surface area contributed by atoms with E-state index in [1.165, 1.54) is 24.2 Å². The number of hydrogen-bond acceptors (Lipinski definition) is 5. The van der Waals surface area contributed by atoms with Crippen LogP contribution in [0.3, 0.4) is 0 Å². The molecule has 6 heteroatoms. The molecule has 0 unspecified atom stereocenters. The van der Waals surface area contributed by atoms with E-state index >= 15 is 0 Å². The van der Waals surface area contributed by atoms with Crippen LogP contribution >= 0.6 is 0 Å². The minimum atomic E-state index is -0.555. The second kappa shape index (κ2) is 6.64. The van der Waals surface area contributed by atoms with Crippen molar-refractivity contribution in [1.82, 2.24) is 9.55 Å². The molecule has 0 saturated heterocycles. The summed E-state index contributed by atoms with van der Waals surface area (Å²) in [6.07, 6.45) is 2.81. The summed E-state index contributed by atoms with van der Waals surface area (Å²) in [5.41, 5.74) is 0.415. The first-order valence-electron chi connectivity index (χ1n) is 7.21. The van der Waals surface area contributed by atoms with Crippen LogP contribution in [-0.4, -0.2) is 28.2 Å². The molecule has 0 saturated carbocycles. The standard InChI is InChI=1S/C17H20N2O4/c1-17(2,3)23-16(21)13-7-5-6-12(8-13)10-19-11-18-9-14(22-4)15(19)20/h5-9,11H,10H2,1-4H3. The third-order valence-electron chi connectivity index (χ3n) is 3.00. The van der Waals surface area contributed by atoms with Crippen molar-refractivity contribution in [3.8, 4) is 5.75 Å². The van der Waals surface area contributed by atoms with E-state index in [0.29, 0.717) is 12.1 Å². The van der Waals surface area contributed by atoms with E-state index in [2.05, 4.69) is 4.98 Å². The summed E-state index contributed by atoms with van der Waals surface area (Å²) in [4.78, 5) is 28.2.